The number of imide groups is 1. The van der Waals surface area contributed by atoms with Crippen molar-refractivity contribution in [3.05, 3.63) is 0 Å². The van der Waals surface area contributed by atoms with Crippen LogP contribution < -0.4 is 10.6 Å². The van der Waals surface area contributed by atoms with Crippen LogP contribution in [0, 0.1) is 0 Å². The average molecular weight is 255 g/mol. The van der Waals surface area contributed by atoms with E-state index in [4.69, 9.17) is 0 Å². The molecule has 0 aliphatic carbocycles. The van der Waals surface area contributed by atoms with Crippen molar-refractivity contribution in [3.63, 3.8) is 0 Å². The monoisotopic (exact) mass is 255 g/mol. The molecule has 0 aromatic rings. The molecular formula is C13H25N3O2. The summed E-state index contributed by atoms with van der Waals surface area (Å²) in [5, 5.41) is 6.07. The predicted molar refractivity (Wildman–Crippen MR) is 71.3 cm³/mol. The molecule has 0 radical (unpaired) electrons. The molecule has 0 aromatic carbocycles. The number of carbonyl (C=O) groups is 2. The summed E-state index contributed by atoms with van der Waals surface area (Å²) in [6.45, 7) is 9.59. The largest absolute Gasteiger partial charge is 0.326 e. The van der Waals surface area contributed by atoms with E-state index in [1.54, 1.807) is 0 Å². The average Bonchev–Trinajstić information content (AvgIpc) is 2.50. The van der Waals surface area contributed by atoms with Crippen molar-refractivity contribution in [3.8, 4) is 0 Å². The van der Waals surface area contributed by atoms with Crippen LogP contribution in [0.25, 0.3) is 0 Å². The SMILES string of the molecule is CCCC1NC(=O)N(CCCNC(C)(C)C)C1=O. The van der Waals surface area contributed by atoms with E-state index in [2.05, 4.69) is 31.4 Å². The number of hydrogen-bond donors (Lipinski definition) is 2. The highest BCUT2D eigenvalue weighted by atomic mass is 16.2. The second-order valence-electron chi connectivity index (χ2n) is 5.81. The van der Waals surface area contributed by atoms with Crippen molar-refractivity contribution < 1.29 is 9.59 Å². The Hall–Kier alpha value is -1.10. The fraction of sp³-hybridized carbons (Fsp3) is 0.846. The minimum absolute atomic E-state index is 0.0715. The molecule has 18 heavy (non-hydrogen) atoms. The molecule has 1 saturated heterocycles. The highest BCUT2D eigenvalue weighted by Crippen LogP contribution is 2.11. The van der Waals surface area contributed by atoms with Gasteiger partial charge in [-0.15, -0.1) is 0 Å². The second-order valence-corrected chi connectivity index (χ2v) is 5.81. The second kappa shape index (κ2) is 6.18. The molecule has 1 fully saturated rings. The van der Waals surface area contributed by atoms with Gasteiger partial charge in [0, 0.05) is 12.1 Å². The lowest BCUT2D eigenvalue weighted by Crippen LogP contribution is -2.39. The normalized spacial score (nSPS) is 20.4. The van der Waals surface area contributed by atoms with Crippen molar-refractivity contribution in [1.82, 2.24) is 15.5 Å². The molecule has 1 aliphatic heterocycles. The number of rotatable bonds is 6. The van der Waals surface area contributed by atoms with Gasteiger partial charge in [0.2, 0.25) is 0 Å². The van der Waals surface area contributed by atoms with Gasteiger partial charge in [-0.25, -0.2) is 4.79 Å². The molecule has 1 aliphatic rings. The molecule has 5 nitrogen and oxygen atoms in total. The smallest absolute Gasteiger partial charge is 0.324 e. The van der Waals surface area contributed by atoms with Gasteiger partial charge in [-0.1, -0.05) is 13.3 Å². The molecule has 3 amide bonds. The maximum absolute atomic E-state index is 11.9. The Morgan fingerprint density at radius 3 is 2.56 bits per heavy atom. The lowest BCUT2D eigenvalue weighted by atomic mass is 10.1. The third-order valence-corrected chi connectivity index (χ3v) is 2.90. The Morgan fingerprint density at radius 2 is 2.00 bits per heavy atom. The Bertz CT molecular complexity index is 310. The number of nitrogens with zero attached hydrogens (tertiary/aromatic N) is 1. The van der Waals surface area contributed by atoms with Crippen molar-refractivity contribution in [2.24, 2.45) is 0 Å². The van der Waals surface area contributed by atoms with E-state index < -0.39 is 0 Å². The highest BCUT2D eigenvalue weighted by molar-refractivity contribution is 6.04. The molecule has 5 heteroatoms. The van der Waals surface area contributed by atoms with Crippen LogP contribution in [0.3, 0.4) is 0 Å². The first-order chi connectivity index (χ1) is 8.35. The molecule has 2 N–H and O–H groups in total. The van der Waals surface area contributed by atoms with Crippen LogP contribution in [0.4, 0.5) is 4.79 Å². The van der Waals surface area contributed by atoms with E-state index in [1.807, 2.05) is 6.92 Å². The third-order valence-electron chi connectivity index (χ3n) is 2.90. The van der Waals surface area contributed by atoms with Crippen LogP contribution in [0.1, 0.15) is 47.0 Å². The zero-order valence-corrected chi connectivity index (χ0v) is 11.9. The quantitative estimate of drug-likeness (QED) is 0.558. The first kappa shape index (κ1) is 15.0. The summed E-state index contributed by atoms with van der Waals surface area (Å²) >= 11 is 0. The minimum atomic E-state index is -0.307. The Balaban J connectivity index is 2.34. The Morgan fingerprint density at radius 1 is 1.33 bits per heavy atom. The molecule has 0 spiro atoms. The summed E-state index contributed by atoms with van der Waals surface area (Å²) in [6, 6.07) is -0.549. The Kier molecular flexibility index (Phi) is 5.14. The lowest BCUT2D eigenvalue weighted by Gasteiger charge is -2.21. The third kappa shape index (κ3) is 4.29. The van der Waals surface area contributed by atoms with Gasteiger partial charge in [-0.2, -0.15) is 0 Å². The van der Waals surface area contributed by atoms with E-state index in [0.717, 1.165) is 25.8 Å². The summed E-state index contributed by atoms with van der Waals surface area (Å²) in [5.41, 5.74) is 0.0715. The van der Waals surface area contributed by atoms with Gasteiger partial charge in [0.25, 0.3) is 5.91 Å². The molecule has 1 unspecified atom stereocenters. The predicted octanol–water partition coefficient (Wildman–Crippen LogP) is 1.49. The van der Waals surface area contributed by atoms with Gasteiger partial charge < -0.3 is 10.6 Å². The summed E-state index contributed by atoms with van der Waals surface area (Å²) in [7, 11) is 0. The van der Waals surface area contributed by atoms with E-state index in [9.17, 15) is 9.59 Å². The fourth-order valence-electron chi connectivity index (χ4n) is 1.97. The van der Waals surface area contributed by atoms with E-state index >= 15 is 0 Å². The molecule has 104 valence electrons. The molecule has 0 aromatic heterocycles. The zero-order chi connectivity index (χ0) is 13.8. The van der Waals surface area contributed by atoms with Crippen molar-refractivity contribution in [1.29, 1.82) is 0 Å². The first-order valence-corrected chi connectivity index (χ1v) is 6.72. The zero-order valence-electron chi connectivity index (χ0n) is 11.9. The molecule has 1 atom stereocenters. The van der Waals surface area contributed by atoms with Gasteiger partial charge in [0.05, 0.1) is 0 Å². The van der Waals surface area contributed by atoms with Crippen molar-refractivity contribution in [2.75, 3.05) is 13.1 Å². The van der Waals surface area contributed by atoms with Crippen LogP contribution in [-0.4, -0.2) is 41.5 Å². The van der Waals surface area contributed by atoms with E-state index in [0.29, 0.717) is 6.54 Å². The topological polar surface area (TPSA) is 61.4 Å². The minimum Gasteiger partial charge on any atom is -0.326 e. The van der Waals surface area contributed by atoms with Crippen molar-refractivity contribution in [2.45, 2.75) is 58.5 Å². The van der Waals surface area contributed by atoms with Gasteiger partial charge in [-0.05, 0) is 40.2 Å². The van der Waals surface area contributed by atoms with Crippen LogP contribution in [0.2, 0.25) is 0 Å². The summed E-state index contributed by atoms with van der Waals surface area (Å²) in [6.07, 6.45) is 2.41. The number of hydrogen-bond acceptors (Lipinski definition) is 3. The molecule has 1 heterocycles. The number of carbonyl (C=O) groups excluding carboxylic acids is 2. The summed E-state index contributed by atoms with van der Waals surface area (Å²) < 4.78 is 0. The highest BCUT2D eigenvalue weighted by Gasteiger charge is 2.36. The molecule has 1 rings (SSSR count). The van der Waals surface area contributed by atoms with Gasteiger partial charge in [-0.3, -0.25) is 9.69 Å². The maximum Gasteiger partial charge on any atom is 0.324 e. The van der Waals surface area contributed by atoms with Gasteiger partial charge in [0.15, 0.2) is 0 Å². The first-order valence-electron chi connectivity index (χ1n) is 6.72. The van der Waals surface area contributed by atoms with Crippen molar-refractivity contribution >= 4 is 11.9 Å². The number of nitrogens with one attached hydrogen (secondary N) is 2. The van der Waals surface area contributed by atoms with E-state index in [1.165, 1.54) is 4.90 Å². The standard InChI is InChI=1S/C13H25N3O2/c1-5-7-10-11(17)16(12(18)15-10)9-6-8-14-13(2,3)4/h10,14H,5-9H2,1-4H3,(H,15,18). The molecule has 0 bridgehead atoms. The molecule has 0 saturated carbocycles. The fourth-order valence-corrected chi connectivity index (χ4v) is 1.97. The van der Waals surface area contributed by atoms with Gasteiger partial charge in [0.1, 0.15) is 6.04 Å². The van der Waals surface area contributed by atoms with Crippen LogP contribution in [-0.2, 0) is 4.79 Å². The summed E-state index contributed by atoms with van der Waals surface area (Å²) in [5.74, 6) is -0.0717. The van der Waals surface area contributed by atoms with Crippen LogP contribution in [0.5, 0.6) is 0 Å². The Labute approximate surface area is 109 Å². The van der Waals surface area contributed by atoms with E-state index in [-0.39, 0.29) is 23.5 Å². The number of amides is 3. The number of urea groups is 1. The van der Waals surface area contributed by atoms with Crippen LogP contribution >= 0.6 is 0 Å². The van der Waals surface area contributed by atoms with Gasteiger partial charge >= 0.3 is 6.03 Å². The molecular weight excluding hydrogens is 230 g/mol. The van der Waals surface area contributed by atoms with Crippen LogP contribution in [0.15, 0.2) is 0 Å². The maximum atomic E-state index is 11.9. The lowest BCUT2D eigenvalue weighted by molar-refractivity contribution is -0.127. The summed E-state index contributed by atoms with van der Waals surface area (Å²) in [4.78, 5) is 24.9.